The number of ether oxygens (including phenoxy) is 2. The van der Waals surface area contributed by atoms with Crippen LogP contribution in [0.5, 0.6) is 0 Å². The van der Waals surface area contributed by atoms with Crippen molar-refractivity contribution in [2.75, 3.05) is 0 Å². The van der Waals surface area contributed by atoms with Gasteiger partial charge in [0.2, 0.25) is 4.47 Å². The van der Waals surface area contributed by atoms with Crippen LogP contribution in [-0.4, -0.2) is 28.5 Å². The van der Waals surface area contributed by atoms with E-state index in [9.17, 15) is 0 Å². The Hall–Kier alpha value is -0.230. The maximum absolute atomic E-state index is 5.79. The Balaban J connectivity index is 1.81. The minimum atomic E-state index is 0.251. The van der Waals surface area contributed by atoms with Gasteiger partial charge in [0, 0.05) is 0 Å². The highest BCUT2D eigenvalue weighted by Crippen LogP contribution is 2.23. The van der Waals surface area contributed by atoms with Gasteiger partial charge >= 0.3 is 0 Å². The number of halogens is 1. The predicted octanol–water partition coefficient (Wildman–Crippen LogP) is 2.66. The third kappa shape index (κ3) is 3.38. The fourth-order valence-electron chi connectivity index (χ4n) is 1.96. The lowest BCUT2D eigenvalue weighted by molar-refractivity contribution is -0.106. The molecule has 1 aliphatic rings. The summed E-state index contributed by atoms with van der Waals surface area (Å²) in [5, 5.41) is 8.49. The van der Waals surface area contributed by atoms with Gasteiger partial charge in [-0.15, -0.1) is 10.2 Å². The van der Waals surface area contributed by atoms with Crippen molar-refractivity contribution in [3.8, 4) is 0 Å². The summed E-state index contributed by atoms with van der Waals surface area (Å²) in [7, 11) is 0. The molecule has 0 saturated carbocycles. The molecule has 16 heavy (non-hydrogen) atoms. The molecule has 4 nitrogen and oxygen atoms in total. The second-order valence-electron chi connectivity index (χ2n) is 4.11. The number of hydrogen-bond donors (Lipinski definition) is 0. The van der Waals surface area contributed by atoms with Gasteiger partial charge in [-0.25, -0.2) is 0 Å². The fourth-order valence-corrected chi connectivity index (χ4v) is 2.75. The zero-order valence-electron chi connectivity index (χ0n) is 9.35. The molecule has 90 valence electrons. The number of nitrogens with zero attached hydrogens (tertiary/aromatic N) is 2. The maximum Gasteiger partial charge on any atom is 0.207 e. The molecule has 1 aromatic rings. The van der Waals surface area contributed by atoms with E-state index in [1.54, 1.807) is 0 Å². The highest BCUT2D eigenvalue weighted by molar-refractivity contribution is 7.15. The van der Waals surface area contributed by atoms with E-state index in [1.807, 2.05) is 0 Å². The van der Waals surface area contributed by atoms with Crippen LogP contribution in [0.2, 0.25) is 4.47 Å². The van der Waals surface area contributed by atoms with E-state index in [0.717, 1.165) is 17.8 Å². The highest BCUT2D eigenvalue weighted by Gasteiger charge is 2.25. The Morgan fingerprint density at radius 3 is 2.62 bits per heavy atom. The summed E-state index contributed by atoms with van der Waals surface area (Å²) in [5.41, 5.74) is 0. The van der Waals surface area contributed by atoms with Crippen molar-refractivity contribution in [2.45, 2.75) is 51.6 Å². The summed E-state index contributed by atoms with van der Waals surface area (Å²) in [6.07, 6.45) is 2.67. The number of hydrogen-bond acceptors (Lipinski definition) is 5. The molecule has 0 aliphatic carbocycles. The molecule has 0 spiro atoms. The van der Waals surface area contributed by atoms with Gasteiger partial charge in [-0.05, 0) is 38.3 Å². The third-order valence-corrected chi connectivity index (χ3v) is 3.53. The first-order chi connectivity index (χ1) is 7.63. The first-order valence-electron chi connectivity index (χ1n) is 5.38. The molecule has 0 amide bonds. The van der Waals surface area contributed by atoms with Gasteiger partial charge in [0.1, 0.15) is 11.6 Å². The molecule has 1 aliphatic heterocycles. The van der Waals surface area contributed by atoms with Crippen LogP contribution in [0.1, 0.15) is 31.7 Å². The van der Waals surface area contributed by atoms with E-state index in [2.05, 4.69) is 24.0 Å². The molecular weight excluding hydrogens is 248 g/mol. The van der Waals surface area contributed by atoms with E-state index in [4.69, 9.17) is 21.1 Å². The van der Waals surface area contributed by atoms with Gasteiger partial charge in [-0.3, -0.25) is 0 Å². The highest BCUT2D eigenvalue weighted by atomic mass is 35.5. The van der Waals surface area contributed by atoms with E-state index < -0.39 is 0 Å². The molecule has 0 N–H and O–H groups in total. The van der Waals surface area contributed by atoms with Gasteiger partial charge < -0.3 is 9.47 Å². The predicted molar refractivity (Wildman–Crippen MR) is 62.7 cm³/mol. The van der Waals surface area contributed by atoms with Crippen LogP contribution in [0, 0.1) is 0 Å². The van der Waals surface area contributed by atoms with Crippen molar-refractivity contribution in [3.63, 3.8) is 0 Å². The average Bonchev–Trinajstić information content (AvgIpc) is 2.60. The second-order valence-corrected chi connectivity index (χ2v) is 5.75. The molecule has 1 aromatic heterocycles. The van der Waals surface area contributed by atoms with E-state index >= 15 is 0 Å². The third-order valence-electron chi connectivity index (χ3n) is 2.54. The van der Waals surface area contributed by atoms with Crippen LogP contribution < -0.4 is 0 Å². The monoisotopic (exact) mass is 262 g/mol. The van der Waals surface area contributed by atoms with Crippen LogP contribution in [0.3, 0.4) is 0 Å². The topological polar surface area (TPSA) is 44.2 Å². The molecule has 2 rings (SSSR count). The van der Waals surface area contributed by atoms with Crippen molar-refractivity contribution in [2.24, 2.45) is 0 Å². The molecule has 6 heteroatoms. The number of aromatic nitrogens is 2. The first kappa shape index (κ1) is 12.2. The summed E-state index contributed by atoms with van der Waals surface area (Å²) in [4.78, 5) is 0. The Labute approximate surface area is 104 Å². The normalized spacial score (nSPS) is 30.6. The zero-order chi connectivity index (χ0) is 11.5. The van der Waals surface area contributed by atoms with Gasteiger partial charge in [-0.2, -0.15) is 0 Å². The quantitative estimate of drug-likeness (QED) is 0.840. The Kier molecular flexibility index (Phi) is 4.13. The first-order valence-corrected chi connectivity index (χ1v) is 6.58. The lowest BCUT2D eigenvalue weighted by Gasteiger charge is -2.31. The molecule has 1 saturated heterocycles. The molecule has 2 heterocycles. The second kappa shape index (κ2) is 5.40. The van der Waals surface area contributed by atoms with Gasteiger partial charge in [0.15, 0.2) is 0 Å². The lowest BCUT2D eigenvalue weighted by Crippen LogP contribution is -2.33. The minimum absolute atomic E-state index is 0.251. The van der Waals surface area contributed by atoms with Crippen molar-refractivity contribution < 1.29 is 9.47 Å². The SMILES string of the molecule is CC1CC(OCc2nnc(Cl)s2)CC(C)O1. The summed E-state index contributed by atoms with van der Waals surface area (Å²) < 4.78 is 11.9. The largest absolute Gasteiger partial charge is 0.375 e. The summed E-state index contributed by atoms with van der Waals surface area (Å²) >= 11 is 7.06. The Morgan fingerprint density at radius 1 is 1.38 bits per heavy atom. The van der Waals surface area contributed by atoms with E-state index in [1.165, 1.54) is 11.3 Å². The van der Waals surface area contributed by atoms with Crippen molar-refractivity contribution in [1.29, 1.82) is 0 Å². The lowest BCUT2D eigenvalue weighted by atomic mass is 10.0. The fraction of sp³-hybridized carbons (Fsp3) is 0.800. The van der Waals surface area contributed by atoms with Gasteiger partial charge in [-0.1, -0.05) is 11.3 Å². The summed E-state index contributed by atoms with van der Waals surface area (Å²) in [5.74, 6) is 0. The summed E-state index contributed by atoms with van der Waals surface area (Å²) in [6.45, 7) is 4.65. The van der Waals surface area contributed by atoms with Crippen LogP contribution in [-0.2, 0) is 16.1 Å². The smallest absolute Gasteiger partial charge is 0.207 e. The van der Waals surface area contributed by atoms with Crippen LogP contribution in [0.15, 0.2) is 0 Å². The van der Waals surface area contributed by atoms with Crippen molar-refractivity contribution in [1.82, 2.24) is 10.2 Å². The average molecular weight is 263 g/mol. The molecular formula is C10H15ClN2O2S. The van der Waals surface area contributed by atoms with Crippen LogP contribution >= 0.6 is 22.9 Å². The standard InChI is InChI=1S/C10H15ClN2O2S/c1-6-3-8(4-7(2)15-6)14-5-9-12-13-10(11)16-9/h6-8H,3-5H2,1-2H3. The Bertz CT molecular complexity index is 337. The summed E-state index contributed by atoms with van der Waals surface area (Å²) in [6, 6.07) is 0. The van der Waals surface area contributed by atoms with Gasteiger partial charge in [0.25, 0.3) is 0 Å². The molecule has 0 bridgehead atoms. The molecule has 0 aromatic carbocycles. The maximum atomic E-state index is 5.79. The van der Waals surface area contributed by atoms with Gasteiger partial charge in [0.05, 0.1) is 18.3 Å². The van der Waals surface area contributed by atoms with Crippen LogP contribution in [0.25, 0.3) is 0 Å². The van der Waals surface area contributed by atoms with Crippen molar-refractivity contribution in [3.05, 3.63) is 9.47 Å². The number of rotatable bonds is 3. The minimum Gasteiger partial charge on any atom is -0.375 e. The molecule has 2 atom stereocenters. The van der Waals surface area contributed by atoms with Crippen LogP contribution in [0.4, 0.5) is 0 Å². The molecule has 1 fully saturated rings. The Morgan fingerprint density at radius 2 is 2.06 bits per heavy atom. The van der Waals surface area contributed by atoms with Crippen molar-refractivity contribution >= 4 is 22.9 Å². The molecule has 2 unspecified atom stereocenters. The van der Waals surface area contributed by atoms with E-state index in [-0.39, 0.29) is 18.3 Å². The molecule has 0 radical (unpaired) electrons. The van der Waals surface area contributed by atoms with E-state index in [0.29, 0.717) is 11.1 Å². The zero-order valence-corrected chi connectivity index (χ0v) is 10.9.